The predicted octanol–water partition coefficient (Wildman–Crippen LogP) is 4.94. The molecule has 2 atom stereocenters. The van der Waals surface area contributed by atoms with E-state index in [4.69, 9.17) is 4.74 Å². The van der Waals surface area contributed by atoms with Gasteiger partial charge in [-0.1, -0.05) is 36.4 Å². The number of anilines is 1. The van der Waals surface area contributed by atoms with Crippen LogP contribution in [-0.2, 0) is 4.79 Å². The van der Waals surface area contributed by atoms with Crippen LogP contribution in [0.4, 0.5) is 5.69 Å². The highest BCUT2D eigenvalue weighted by molar-refractivity contribution is 8.00. The maximum atomic E-state index is 12.8. The summed E-state index contributed by atoms with van der Waals surface area (Å²) in [7, 11) is 1.66. The van der Waals surface area contributed by atoms with Crippen molar-refractivity contribution in [1.82, 2.24) is 19.7 Å². The second kappa shape index (κ2) is 10.9. The average Bonchev–Trinajstić information content (AvgIpc) is 3.28. The van der Waals surface area contributed by atoms with Crippen molar-refractivity contribution in [3.8, 4) is 11.4 Å². The van der Waals surface area contributed by atoms with Crippen LogP contribution in [0, 0.1) is 0 Å². The number of hydrogen-bond acceptors (Lipinski definition) is 6. The van der Waals surface area contributed by atoms with E-state index in [2.05, 4.69) is 31.9 Å². The van der Waals surface area contributed by atoms with Crippen molar-refractivity contribution in [3.63, 3.8) is 0 Å². The van der Waals surface area contributed by atoms with Crippen LogP contribution in [0.5, 0.6) is 5.75 Å². The van der Waals surface area contributed by atoms with Crippen LogP contribution in [0.25, 0.3) is 5.69 Å². The lowest BCUT2D eigenvalue weighted by Gasteiger charge is -2.32. The first kappa shape index (κ1) is 23.3. The minimum Gasteiger partial charge on any atom is -0.497 e. The van der Waals surface area contributed by atoms with Gasteiger partial charge in [0.15, 0.2) is 11.0 Å². The molecular formula is C25H31N5O2S. The summed E-state index contributed by atoms with van der Waals surface area (Å²) in [6.45, 7) is 6.21. The number of piperidine rings is 1. The van der Waals surface area contributed by atoms with Crippen LogP contribution in [0.1, 0.15) is 45.0 Å². The normalized spacial score (nSPS) is 16.2. The van der Waals surface area contributed by atoms with Crippen molar-refractivity contribution in [2.45, 2.75) is 49.6 Å². The number of amides is 1. The molecule has 0 bridgehead atoms. The molecule has 7 nitrogen and oxygen atoms in total. The standard InChI is InChI=1S/C25H31N5O2S/c1-18(29-16-8-5-9-17-29)23-27-28-25(30(23)21-12-14-22(32-3)15-13-21)33-19(2)24(31)26-20-10-6-4-7-11-20/h4,6-7,10-15,18-19H,5,8-9,16-17H2,1-3H3,(H,26,31). The van der Waals surface area contributed by atoms with Crippen LogP contribution >= 0.6 is 11.8 Å². The van der Waals surface area contributed by atoms with Gasteiger partial charge in [0.25, 0.3) is 0 Å². The van der Waals surface area contributed by atoms with Crippen LogP contribution in [0.3, 0.4) is 0 Å². The first-order valence-corrected chi connectivity index (χ1v) is 12.3. The third-order valence-corrected chi connectivity index (χ3v) is 7.04. The number of nitrogens with zero attached hydrogens (tertiary/aromatic N) is 4. The summed E-state index contributed by atoms with van der Waals surface area (Å²) in [6, 6.07) is 17.5. The first-order chi connectivity index (χ1) is 16.1. The fraction of sp³-hybridized carbons (Fsp3) is 0.400. The molecule has 1 saturated heterocycles. The van der Waals surface area contributed by atoms with Crippen molar-refractivity contribution in [1.29, 1.82) is 0 Å². The lowest BCUT2D eigenvalue weighted by molar-refractivity contribution is -0.115. The number of thioether (sulfide) groups is 1. The summed E-state index contributed by atoms with van der Waals surface area (Å²) in [4.78, 5) is 15.3. The number of carbonyl (C=O) groups excluding carboxylic acids is 1. The number of likely N-dealkylation sites (tertiary alicyclic amines) is 1. The first-order valence-electron chi connectivity index (χ1n) is 11.4. The summed E-state index contributed by atoms with van der Waals surface area (Å²) >= 11 is 1.41. The molecule has 1 N–H and O–H groups in total. The van der Waals surface area contributed by atoms with Gasteiger partial charge in [-0.15, -0.1) is 10.2 Å². The number of nitrogens with one attached hydrogen (secondary N) is 1. The largest absolute Gasteiger partial charge is 0.497 e. The third kappa shape index (κ3) is 5.57. The maximum Gasteiger partial charge on any atom is 0.237 e. The summed E-state index contributed by atoms with van der Waals surface area (Å²) in [5.41, 5.74) is 1.74. The number of hydrogen-bond donors (Lipinski definition) is 1. The predicted molar refractivity (Wildman–Crippen MR) is 132 cm³/mol. The van der Waals surface area contributed by atoms with Crippen LogP contribution < -0.4 is 10.1 Å². The monoisotopic (exact) mass is 465 g/mol. The second-order valence-electron chi connectivity index (χ2n) is 8.26. The minimum absolute atomic E-state index is 0.0684. The molecule has 2 heterocycles. The van der Waals surface area contributed by atoms with Crippen molar-refractivity contribution in [2.75, 3.05) is 25.5 Å². The Balaban J connectivity index is 1.61. The third-order valence-electron chi connectivity index (χ3n) is 5.99. The van der Waals surface area contributed by atoms with Crippen LogP contribution in [0.2, 0.25) is 0 Å². The Morgan fingerprint density at radius 3 is 2.36 bits per heavy atom. The van der Waals surface area contributed by atoms with Crippen molar-refractivity contribution < 1.29 is 9.53 Å². The zero-order chi connectivity index (χ0) is 23.2. The van der Waals surface area contributed by atoms with Crippen molar-refractivity contribution >= 4 is 23.4 Å². The number of benzene rings is 2. The Bertz CT molecular complexity index is 1050. The molecule has 4 rings (SSSR count). The Morgan fingerprint density at radius 2 is 1.70 bits per heavy atom. The summed E-state index contributed by atoms with van der Waals surface area (Å²) in [5.74, 6) is 1.61. The summed E-state index contributed by atoms with van der Waals surface area (Å²) in [6.07, 6.45) is 3.70. The quantitative estimate of drug-likeness (QED) is 0.475. The van der Waals surface area contributed by atoms with Gasteiger partial charge in [0.2, 0.25) is 5.91 Å². The molecule has 3 aromatic rings. The van der Waals surface area contributed by atoms with E-state index in [1.807, 2.05) is 61.5 Å². The fourth-order valence-corrected chi connectivity index (χ4v) is 4.92. The van der Waals surface area contributed by atoms with E-state index < -0.39 is 0 Å². The molecule has 1 aliphatic rings. The van der Waals surface area contributed by atoms with Gasteiger partial charge in [0.1, 0.15) is 5.75 Å². The van der Waals surface area contributed by atoms with Gasteiger partial charge in [-0.3, -0.25) is 14.3 Å². The molecule has 0 aliphatic carbocycles. The summed E-state index contributed by atoms with van der Waals surface area (Å²) in [5, 5.41) is 12.4. The molecule has 1 aromatic heterocycles. The van der Waals surface area contributed by atoms with E-state index in [1.165, 1.54) is 31.0 Å². The number of aromatic nitrogens is 3. The molecule has 0 saturated carbocycles. The maximum absolute atomic E-state index is 12.8. The van der Waals surface area contributed by atoms with Gasteiger partial charge in [0, 0.05) is 11.4 Å². The molecule has 1 aliphatic heterocycles. The number of para-hydroxylation sites is 1. The van der Waals surface area contributed by atoms with E-state index in [-0.39, 0.29) is 17.2 Å². The molecule has 8 heteroatoms. The SMILES string of the molecule is COc1ccc(-n2c(SC(C)C(=O)Nc3ccccc3)nnc2C(C)N2CCCCC2)cc1. The Hall–Kier alpha value is -2.84. The lowest BCUT2D eigenvalue weighted by atomic mass is 10.1. The van der Waals surface area contributed by atoms with E-state index in [1.54, 1.807) is 7.11 Å². The molecule has 1 fully saturated rings. The zero-order valence-electron chi connectivity index (χ0n) is 19.4. The highest BCUT2D eigenvalue weighted by atomic mass is 32.2. The smallest absolute Gasteiger partial charge is 0.237 e. The molecule has 174 valence electrons. The highest BCUT2D eigenvalue weighted by Crippen LogP contribution is 2.32. The number of methoxy groups -OCH3 is 1. The summed E-state index contributed by atoms with van der Waals surface area (Å²) < 4.78 is 7.41. The number of carbonyl (C=O) groups is 1. The van der Waals surface area contributed by atoms with Crippen molar-refractivity contribution in [2.24, 2.45) is 0 Å². The average molecular weight is 466 g/mol. The number of ether oxygens (including phenoxy) is 1. The van der Waals surface area contributed by atoms with E-state index in [0.29, 0.717) is 5.16 Å². The topological polar surface area (TPSA) is 72.3 Å². The van der Waals surface area contributed by atoms with Crippen molar-refractivity contribution in [3.05, 3.63) is 60.4 Å². The number of rotatable bonds is 8. The van der Waals surface area contributed by atoms with E-state index in [0.717, 1.165) is 36.0 Å². The Kier molecular flexibility index (Phi) is 7.67. The minimum atomic E-state index is -0.343. The van der Waals surface area contributed by atoms with Gasteiger partial charge in [0.05, 0.1) is 18.4 Å². The lowest BCUT2D eigenvalue weighted by Crippen LogP contribution is -2.33. The molecule has 2 unspecified atom stereocenters. The molecule has 0 spiro atoms. The molecule has 33 heavy (non-hydrogen) atoms. The highest BCUT2D eigenvalue weighted by Gasteiger charge is 2.27. The zero-order valence-corrected chi connectivity index (χ0v) is 20.2. The van der Waals surface area contributed by atoms with Gasteiger partial charge >= 0.3 is 0 Å². The molecular weight excluding hydrogens is 434 g/mol. The second-order valence-corrected chi connectivity index (χ2v) is 9.57. The van der Waals surface area contributed by atoms with Gasteiger partial charge in [-0.2, -0.15) is 0 Å². The molecule has 1 amide bonds. The van der Waals surface area contributed by atoms with E-state index >= 15 is 0 Å². The Morgan fingerprint density at radius 1 is 1.00 bits per heavy atom. The van der Waals surface area contributed by atoms with E-state index in [9.17, 15) is 4.79 Å². The van der Waals surface area contributed by atoms with Crippen LogP contribution in [0.15, 0.2) is 59.8 Å². The van der Waals surface area contributed by atoms with Gasteiger partial charge in [-0.05, 0) is 76.2 Å². The molecule has 2 aromatic carbocycles. The fourth-order valence-electron chi connectivity index (χ4n) is 4.05. The van der Waals surface area contributed by atoms with Gasteiger partial charge < -0.3 is 10.1 Å². The molecule has 0 radical (unpaired) electrons. The van der Waals surface area contributed by atoms with Gasteiger partial charge in [-0.25, -0.2) is 0 Å². The van der Waals surface area contributed by atoms with Crippen LogP contribution in [-0.4, -0.2) is 51.0 Å². The Labute approximate surface area is 199 Å².